The Balaban J connectivity index is 3.84. The van der Waals surface area contributed by atoms with Crippen LogP contribution in [0.3, 0.4) is 0 Å². The van der Waals surface area contributed by atoms with E-state index < -0.39 is 11.9 Å². The Morgan fingerprint density at radius 1 is 0.708 bits per heavy atom. The molecule has 0 saturated carbocycles. The molecule has 0 spiro atoms. The third kappa shape index (κ3) is 11.9. The van der Waals surface area contributed by atoms with Gasteiger partial charge in [0.05, 0.1) is 25.4 Å². The number of rotatable bonds is 13. The van der Waals surface area contributed by atoms with Crippen LogP contribution in [0.25, 0.3) is 0 Å². The van der Waals surface area contributed by atoms with Crippen LogP contribution in [0, 0.1) is 11.8 Å². The molecule has 0 bridgehead atoms. The molecule has 0 aliphatic rings. The van der Waals surface area contributed by atoms with Crippen molar-refractivity contribution >= 4 is 11.9 Å². The average Bonchev–Trinajstić information content (AvgIpc) is 2.60. The van der Waals surface area contributed by atoms with Crippen LogP contribution in [0.1, 0.15) is 79.1 Å². The molecule has 0 aromatic rings. The second-order valence-corrected chi connectivity index (χ2v) is 6.06. The molecule has 4 nitrogen and oxygen atoms in total. The summed E-state index contributed by atoms with van der Waals surface area (Å²) in [6.07, 6.45) is 13.0. The minimum atomic E-state index is -0.409. The molecule has 138 valence electrons. The number of allylic oxidation sites excluding steroid dienone is 2. The van der Waals surface area contributed by atoms with Gasteiger partial charge in [0.15, 0.2) is 0 Å². The van der Waals surface area contributed by atoms with Gasteiger partial charge in [0, 0.05) is 0 Å². The van der Waals surface area contributed by atoms with Crippen LogP contribution < -0.4 is 0 Å². The third-order valence-corrected chi connectivity index (χ3v) is 4.37. The van der Waals surface area contributed by atoms with E-state index in [1.165, 1.54) is 12.5 Å². The lowest BCUT2D eigenvalue weighted by molar-refractivity contribution is -0.144. The van der Waals surface area contributed by atoms with Crippen LogP contribution >= 0.6 is 0 Å². The van der Waals surface area contributed by atoms with Crippen molar-refractivity contribution < 1.29 is 19.1 Å². The summed E-state index contributed by atoms with van der Waals surface area (Å²) in [6.45, 7) is 8.61. The highest BCUT2D eigenvalue weighted by Crippen LogP contribution is 2.13. The Bertz CT molecular complexity index is 352. The number of carbonyl (C=O) groups excluding carboxylic acids is 2. The van der Waals surface area contributed by atoms with Gasteiger partial charge in [-0.25, -0.2) is 0 Å². The van der Waals surface area contributed by atoms with Gasteiger partial charge in [0.2, 0.25) is 0 Å². The van der Waals surface area contributed by atoms with Crippen molar-refractivity contribution in [2.75, 3.05) is 0 Å². The molecular weight excluding hydrogens is 304 g/mol. The zero-order chi connectivity index (χ0) is 18.2. The fraction of sp³-hybridized carbons (Fsp3) is 0.700. The lowest BCUT2D eigenvalue weighted by Gasteiger charge is -2.07. The summed E-state index contributed by atoms with van der Waals surface area (Å²) >= 11 is 0. The Morgan fingerprint density at radius 3 is 1.33 bits per heavy atom. The van der Waals surface area contributed by atoms with E-state index in [1.54, 1.807) is 0 Å². The summed E-state index contributed by atoms with van der Waals surface area (Å²) in [5.41, 5.74) is 0. The maximum absolute atomic E-state index is 11.5. The zero-order valence-electron chi connectivity index (χ0n) is 15.8. The SMILES string of the molecule is CCC(CC)CC=COC(=O)CCC(=O)OC=CCC(CC)CC. The fourth-order valence-electron chi connectivity index (χ4n) is 2.31. The fourth-order valence-corrected chi connectivity index (χ4v) is 2.31. The van der Waals surface area contributed by atoms with Crippen molar-refractivity contribution in [1.82, 2.24) is 0 Å². The Labute approximate surface area is 147 Å². The molecule has 0 aromatic carbocycles. The van der Waals surface area contributed by atoms with Gasteiger partial charge in [-0.2, -0.15) is 0 Å². The molecule has 0 N–H and O–H groups in total. The van der Waals surface area contributed by atoms with Crippen molar-refractivity contribution in [3.63, 3.8) is 0 Å². The van der Waals surface area contributed by atoms with E-state index >= 15 is 0 Å². The monoisotopic (exact) mass is 338 g/mol. The van der Waals surface area contributed by atoms with Crippen LogP contribution in [0.15, 0.2) is 24.7 Å². The molecule has 0 aliphatic carbocycles. The van der Waals surface area contributed by atoms with Gasteiger partial charge in [-0.1, -0.05) is 53.4 Å². The predicted octanol–water partition coefficient (Wildman–Crippen LogP) is 5.53. The summed E-state index contributed by atoms with van der Waals surface area (Å²) in [6, 6.07) is 0. The van der Waals surface area contributed by atoms with Gasteiger partial charge < -0.3 is 9.47 Å². The molecule has 0 rings (SSSR count). The van der Waals surface area contributed by atoms with Crippen molar-refractivity contribution in [3.8, 4) is 0 Å². The molecule has 0 amide bonds. The van der Waals surface area contributed by atoms with Crippen molar-refractivity contribution in [2.45, 2.75) is 79.1 Å². The number of hydrogen-bond acceptors (Lipinski definition) is 4. The van der Waals surface area contributed by atoms with Crippen LogP contribution in [0.2, 0.25) is 0 Å². The van der Waals surface area contributed by atoms with Crippen LogP contribution in [0.5, 0.6) is 0 Å². The van der Waals surface area contributed by atoms with E-state index in [2.05, 4.69) is 27.7 Å². The van der Waals surface area contributed by atoms with E-state index in [4.69, 9.17) is 9.47 Å². The first-order chi connectivity index (χ1) is 11.6. The maximum atomic E-state index is 11.5. The highest BCUT2D eigenvalue weighted by atomic mass is 16.5. The first kappa shape index (κ1) is 22.4. The molecule has 24 heavy (non-hydrogen) atoms. The smallest absolute Gasteiger partial charge is 0.311 e. The van der Waals surface area contributed by atoms with Crippen LogP contribution in [-0.4, -0.2) is 11.9 Å². The predicted molar refractivity (Wildman–Crippen MR) is 97.1 cm³/mol. The molecule has 0 unspecified atom stereocenters. The third-order valence-electron chi connectivity index (χ3n) is 4.37. The second kappa shape index (κ2) is 15.0. The van der Waals surface area contributed by atoms with Crippen molar-refractivity contribution in [3.05, 3.63) is 24.7 Å². The largest absolute Gasteiger partial charge is 0.435 e. The lowest BCUT2D eigenvalue weighted by atomic mass is 10.00. The molecule has 0 radical (unpaired) electrons. The van der Waals surface area contributed by atoms with Crippen molar-refractivity contribution in [1.29, 1.82) is 0 Å². The Kier molecular flexibility index (Phi) is 14.0. The van der Waals surface area contributed by atoms with Crippen LogP contribution in [-0.2, 0) is 19.1 Å². The highest BCUT2D eigenvalue weighted by molar-refractivity contribution is 5.78. The summed E-state index contributed by atoms with van der Waals surface area (Å²) in [7, 11) is 0. The normalized spacial score (nSPS) is 11.8. The first-order valence-electron chi connectivity index (χ1n) is 9.26. The number of esters is 2. The van der Waals surface area contributed by atoms with Crippen molar-refractivity contribution in [2.24, 2.45) is 11.8 Å². The lowest BCUT2D eigenvalue weighted by Crippen LogP contribution is -2.06. The number of ether oxygens (including phenoxy) is 2. The van der Waals surface area contributed by atoms with E-state index in [9.17, 15) is 9.59 Å². The minimum Gasteiger partial charge on any atom is -0.435 e. The molecule has 0 aliphatic heterocycles. The molecular formula is C20H34O4. The highest BCUT2D eigenvalue weighted by Gasteiger charge is 2.08. The van der Waals surface area contributed by atoms with E-state index in [0.717, 1.165) is 38.5 Å². The molecule has 0 aromatic heterocycles. The summed E-state index contributed by atoms with van der Waals surface area (Å²) < 4.78 is 9.95. The Morgan fingerprint density at radius 2 is 1.04 bits per heavy atom. The van der Waals surface area contributed by atoms with Gasteiger partial charge in [-0.15, -0.1) is 0 Å². The molecule has 4 heteroatoms. The number of hydrogen-bond donors (Lipinski definition) is 0. The van der Waals surface area contributed by atoms with Gasteiger partial charge in [-0.05, 0) is 36.8 Å². The van der Waals surface area contributed by atoms with E-state index in [1.807, 2.05) is 12.2 Å². The molecule has 0 atom stereocenters. The summed E-state index contributed by atoms with van der Waals surface area (Å²) in [4.78, 5) is 23.1. The summed E-state index contributed by atoms with van der Waals surface area (Å²) in [5.74, 6) is 0.436. The topological polar surface area (TPSA) is 52.6 Å². The number of carbonyl (C=O) groups is 2. The average molecular weight is 338 g/mol. The Hall–Kier alpha value is -1.58. The second-order valence-electron chi connectivity index (χ2n) is 6.06. The zero-order valence-corrected chi connectivity index (χ0v) is 15.8. The van der Waals surface area contributed by atoms with Gasteiger partial charge in [0.1, 0.15) is 0 Å². The minimum absolute atomic E-state index is 0.0363. The molecule has 0 fully saturated rings. The van der Waals surface area contributed by atoms with Gasteiger partial charge in [0.25, 0.3) is 0 Å². The first-order valence-corrected chi connectivity index (χ1v) is 9.26. The summed E-state index contributed by atoms with van der Waals surface area (Å²) in [5, 5.41) is 0. The quantitative estimate of drug-likeness (QED) is 0.327. The van der Waals surface area contributed by atoms with E-state index in [-0.39, 0.29) is 12.8 Å². The van der Waals surface area contributed by atoms with Gasteiger partial charge >= 0.3 is 11.9 Å². The molecule has 0 heterocycles. The van der Waals surface area contributed by atoms with Gasteiger partial charge in [-0.3, -0.25) is 9.59 Å². The standard InChI is InChI=1S/C20H34O4/c1-5-17(6-2)11-9-15-23-19(21)13-14-20(22)24-16-10-12-18(7-3)8-4/h9-10,15-18H,5-8,11-14H2,1-4H3. The van der Waals surface area contributed by atoms with E-state index in [0.29, 0.717) is 11.8 Å². The molecule has 0 saturated heterocycles. The maximum Gasteiger partial charge on any atom is 0.311 e. The van der Waals surface area contributed by atoms with Crippen LogP contribution in [0.4, 0.5) is 0 Å².